The number of halogens is 18. The molecule has 9 aromatic rings. The van der Waals surface area contributed by atoms with E-state index in [-0.39, 0.29) is 27.5 Å². The minimum Gasteiger partial charge on any atom is -0.207 e. The van der Waals surface area contributed by atoms with Gasteiger partial charge in [-0.1, -0.05) is 188 Å². The fourth-order valence-corrected chi connectivity index (χ4v) is 9.31. The Morgan fingerprint density at radius 3 is 0.689 bits per heavy atom. The molecule has 0 spiro atoms. The van der Waals surface area contributed by atoms with Crippen LogP contribution in [0.4, 0.5) is 30.7 Å². The second-order valence-corrected chi connectivity index (χ2v) is 25.4. The molecule has 0 saturated heterocycles. The van der Waals surface area contributed by atoms with Gasteiger partial charge >= 0.3 is 0 Å². The molecule has 0 fully saturated rings. The molecular weight excluding hydrogens is 1390 g/mol. The van der Waals surface area contributed by atoms with Gasteiger partial charge in [0.05, 0.1) is 20.1 Å². The van der Waals surface area contributed by atoms with Gasteiger partial charge in [0.2, 0.25) is 0 Å². The Morgan fingerprint density at radius 2 is 0.422 bits per heavy atom. The normalized spacial score (nSPS) is 10.0. The van der Waals surface area contributed by atoms with Crippen molar-refractivity contribution in [2.24, 2.45) is 0 Å². The SMILES string of the molecule is Cc1c(F)c(F)c(C)c(F)c1F.Cc1cc(Cl)c(C)c(Cl)c1.Cc1cc(Cl)c(C)cc1Cl.Cc1cc(Cl)c(C)cc1F.Cc1ccc(C)c(Cl)c1.Cc1ccc(C)c(Cl)c1.Cc1ccc(C)c(Cl)c1Cl.Cc1ccc(C)c(Cl)c1F.Cc1ccc(C)c(Cl)c1F. The van der Waals surface area contributed by atoms with E-state index in [0.717, 1.165) is 105 Å². The van der Waals surface area contributed by atoms with Gasteiger partial charge in [0.25, 0.3) is 0 Å². The average molecular weight is 1460 g/mol. The molecule has 0 saturated carbocycles. The van der Waals surface area contributed by atoms with Crippen molar-refractivity contribution in [3.05, 3.63) is 305 Å². The standard InChI is InChI=1S/3C8H8Cl2.3C8H8ClF.2C8H9Cl.C8H6F4/c1-5-3-8(10)6(2)4-7(5)9;1-5-3-7(9)6(2)8(10)4-5;1-5-3-4-6(2)8(10)7(5)9;1-5-4-8(10)6(2)3-7(5)9;2*1-5-3-4-6(2)8(10)7(5)9;2*1-6-3-4-7(2)8(9)5-6;1-3-5(9)7(11)4(2)8(12)6(3)10/h6*3-4H,1-2H3;2*3-5H,1-2H3;1-2H3. The van der Waals surface area contributed by atoms with Gasteiger partial charge < -0.3 is 0 Å². The molecule has 0 unspecified atom stereocenters. The van der Waals surface area contributed by atoms with E-state index in [0.29, 0.717) is 31.8 Å². The molecular formula is C72H72Cl11F7. The van der Waals surface area contributed by atoms with E-state index in [1.54, 1.807) is 71.9 Å². The molecule has 9 aromatic carbocycles. The Bertz CT molecular complexity index is 3340. The predicted octanol–water partition coefficient (Wildman–Crippen LogP) is 28.9. The maximum Gasteiger partial charge on any atom is 0.165 e. The number of rotatable bonds is 0. The molecule has 0 N–H and O–H groups in total. The summed E-state index contributed by atoms with van der Waals surface area (Å²) in [5.74, 6) is -6.11. The summed E-state index contributed by atoms with van der Waals surface area (Å²) in [6.07, 6.45) is 0. The lowest BCUT2D eigenvalue weighted by Gasteiger charge is -2.04. The summed E-state index contributed by atoms with van der Waals surface area (Å²) in [6, 6.07) is 33.7. The lowest BCUT2D eigenvalue weighted by Crippen LogP contribution is -2.02. The van der Waals surface area contributed by atoms with Crippen LogP contribution in [-0.2, 0) is 0 Å². The van der Waals surface area contributed by atoms with Gasteiger partial charge in [-0.25, -0.2) is 30.7 Å². The van der Waals surface area contributed by atoms with Crippen LogP contribution in [0.3, 0.4) is 0 Å². The van der Waals surface area contributed by atoms with E-state index >= 15 is 0 Å². The third-order valence-electron chi connectivity index (χ3n) is 13.1. The van der Waals surface area contributed by atoms with Crippen LogP contribution < -0.4 is 0 Å². The van der Waals surface area contributed by atoms with E-state index in [1.807, 2.05) is 130 Å². The minimum absolute atomic E-state index is 0.193. The molecule has 0 atom stereocenters. The van der Waals surface area contributed by atoms with Gasteiger partial charge in [-0.05, 0) is 262 Å². The highest BCUT2D eigenvalue weighted by Crippen LogP contribution is 2.30. The summed E-state index contributed by atoms with van der Waals surface area (Å²) >= 11 is 63.6. The van der Waals surface area contributed by atoms with Crippen LogP contribution in [0.1, 0.15) is 100 Å². The summed E-state index contributed by atoms with van der Waals surface area (Å²) in [4.78, 5) is 0. The molecule has 486 valence electrons. The lowest BCUT2D eigenvalue weighted by molar-refractivity contribution is 0.436. The van der Waals surface area contributed by atoms with E-state index in [9.17, 15) is 30.7 Å². The van der Waals surface area contributed by atoms with Gasteiger partial charge in [0.15, 0.2) is 23.3 Å². The fourth-order valence-electron chi connectivity index (χ4n) is 6.74. The number of hydrogen-bond acceptors (Lipinski definition) is 0. The Balaban J connectivity index is 0.000000507. The van der Waals surface area contributed by atoms with Gasteiger partial charge in [0, 0.05) is 46.3 Å². The van der Waals surface area contributed by atoms with Crippen molar-refractivity contribution >= 4 is 128 Å². The van der Waals surface area contributed by atoms with Crippen molar-refractivity contribution in [3.8, 4) is 0 Å². The number of benzene rings is 9. The minimum atomic E-state index is -1.33. The van der Waals surface area contributed by atoms with Crippen molar-refractivity contribution in [2.45, 2.75) is 125 Å². The average Bonchev–Trinajstić information content (AvgIpc) is 0.982. The lowest BCUT2D eigenvalue weighted by atomic mass is 10.1. The molecule has 9 rings (SSSR count). The van der Waals surface area contributed by atoms with Crippen molar-refractivity contribution in [3.63, 3.8) is 0 Å². The molecule has 0 heterocycles. The molecule has 0 aliphatic heterocycles. The zero-order chi connectivity index (χ0) is 69.5. The van der Waals surface area contributed by atoms with Crippen LogP contribution in [0.15, 0.2) is 109 Å². The summed E-state index contributed by atoms with van der Waals surface area (Å²) in [7, 11) is 0. The van der Waals surface area contributed by atoms with E-state index < -0.39 is 34.4 Å². The Kier molecular flexibility index (Phi) is 37.2. The van der Waals surface area contributed by atoms with Crippen LogP contribution >= 0.6 is 128 Å². The van der Waals surface area contributed by atoms with E-state index in [4.69, 9.17) is 128 Å². The van der Waals surface area contributed by atoms with Gasteiger partial charge in [-0.15, -0.1) is 0 Å². The first-order valence-electron chi connectivity index (χ1n) is 27.3. The largest absolute Gasteiger partial charge is 0.207 e. The molecule has 0 aromatic heterocycles. The van der Waals surface area contributed by atoms with Gasteiger partial charge in [-0.2, -0.15) is 0 Å². The molecule has 0 aliphatic rings. The first-order chi connectivity index (χ1) is 41.6. The summed E-state index contributed by atoms with van der Waals surface area (Å²) in [5, 5.41) is 7.19. The Labute approximate surface area is 583 Å². The highest BCUT2D eigenvalue weighted by Gasteiger charge is 2.19. The van der Waals surface area contributed by atoms with Crippen LogP contribution in [0.5, 0.6) is 0 Å². The highest BCUT2D eigenvalue weighted by molar-refractivity contribution is 6.43. The van der Waals surface area contributed by atoms with Gasteiger partial charge in [-0.3, -0.25) is 0 Å². The first-order valence-corrected chi connectivity index (χ1v) is 31.5. The first kappa shape index (κ1) is 83.7. The van der Waals surface area contributed by atoms with Crippen LogP contribution in [-0.4, -0.2) is 0 Å². The topological polar surface area (TPSA) is 0 Å². The van der Waals surface area contributed by atoms with Crippen molar-refractivity contribution in [1.29, 1.82) is 0 Å². The molecule has 0 radical (unpaired) electrons. The zero-order valence-electron chi connectivity index (χ0n) is 53.2. The monoisotopic (exact) mass is 1450 g/mol. The Morgan fingerprint density at radius 1 is 0.189 bits per heavy atom. The summed E-state index contributed by atoms with van der Waals surface area (Å²) in [6.45, 7) is 32.1. The second-order valence-electron chi connectivity index (χ2n) is 21.0. The number of hydrogen-bond donors (Lipinski definition) is 0. The number of aryl methyl sites for hydroxylation is 15. The molecule has 0 nitrogen and oxygen atoms in total. The van der Waals surface area contributed by atoms with E-state index in [2.05, 4.69) is 12.1 Å². The fraction of sp³-hybridized carbons (Fsp3) is 0.250. The highest BCUT2D eigenvalue weighted by atomic mass is 35.5. The van der Waals surface area contributed by atoms with Crippen molar-refractivity contribution in [2.75, 3.05) is 0 Å². The maximum absolute atomic E-state index is 12.9. The van der Waals surface area contributed by atoms with Crippen LogP contribution in [0, 0.1) is 165 Å². The predicted molar refractivity (Wildman–Crippen MR) is 378 cm³/mol. The molecule has 90 heavy (non-hydrogen) atoms. The summed E-state index contributed by atoms with van der Waals surface area (Å²) < 4.78 is 89.0. The quantitative estimate of drug-likeness (QED) is 0.105. The molecule has 0 aliphatic carbocycles. The van der Waals surface area contributed by atoms with E-state index in [1.165, 1.54) is 17.2 Å². The smallest absolute Gasteiger partial charge is 0.165 e. The summed E-state index contributed by atoms with van der Waals surface area (Å²) in [5.41, 5.74) is 13.7. The molecule has 0 amide bonds. The molecule has 0 bridgehead atoms. The van der Waals surface area contributed by atoms with Crippen molar-refractivity contribution in [1.82, 2.24) is 0 Å². The van der Waals surface area contributed by atoms with Gasteiger partial charge in [0.1, 0.15) is 17.5 Å². The maximum atomic E-state index is 12.9. The second kappa shape index (κ2) is 40.0. The zero-order valence-corrected chi connectivity index (χ0v) is 61.5. The van der Waals surface area contributed by atoms with Crippen LogP contribution in [0.2, 0.25) is 55.2 Å². The van der Waals surface area contributed by atoms with Crippen molar-refractivity contribution < 1.29 is 30.7 Å². The third kappa shape index (κ3) is 27.3. The third-order valence-corrected chi connectivity index (χ3v) is 17.9. The van der Waals surface area contributed by atoms with Crippen LogP contribution in [0.25, 0.3) is 0 Å². The molecule has 18 heteroatoms. The Hall–Kier alpha value is -4.32.